The average Bonchev–Trinajstić information content (AvgIpc) is 2.87. The summed E-state index contributed by atoms with van der Waals surface area (Å²) in [6, 6.07) is 9.39. The predicted molar refractivity (Wildman–Crippen MR) is 71.4 cm³/mol. The van der Waals surface area contributed by atoms with Crippen molar-refractivity contribution in [3.63, 3.8) is 0 Å². The Bertz CT molecular complexity index is 386. The van der Waals surface area contributed by atoms with Gasteiger partial charge in [-0.2, -0.15) is 0 Å². The second-order valence-corrected chi connectivity index (χ2v) is 4.91. The Balaban J connectivity index is 1.81. The van der Waals surface area contributed by atoms with E-state index in [1.54, 1.807) is 0 Å². The summed E-state index contributed by atoms with van der Waals surface area (Å²) >= 11 is 0. The van der Waals surface area contributed by atoms with Gasteiger partial charge in [0.2, 0.25) is 5.91 Å². The molecule has 1 amide bonds. The van der Waals surface area contributed by atoms with E-state index in [0.717, 1.165) is 31.4 Å². The number of aliphatic hydroxyl groups is 1. The van der Waals surface area contributed by atoms with E-state index in [2.05, 4.69) is 10.6 Å². The maximum Gasteiger partial charge on any atom is 0.238 e. The Labute approximate surface area is 107 Å². The fraction of sp³-hybridized carbons (Fsp3) is 0.500. The minimum absolute atomic E-state index is 0.0686. The minimum Gasteiger partial charge on any atom is -0.394 e. The van der Waals surface area contributed by atoms with Crippen molar-refractivity contribution in [2.45, 2.75) is 31.2 Å². The van der Waals surface area contributed by atoms with Crippen LogP contribution in [0.4, 0.5) is 5.69 Å². The molecule has 1 aromatic rings. The summed E-state index contributed by atoms with van der Waals surface area (Å²) < 4.78 is 0. The molecular weight excluding hydrogens is 228 g/mol. The number of benzene rings is 1. The highest BCUT2D eigenvalue weighted by Crippen LogP contribution is 2.28. The summed E-state index contributed by atoms with van der Waals surface area (Å²) in [7, 11) is 0. The number of carbonyl (C=O) groups is 1. The number of aliphatic hydroxyl groups excluding tert-OH is 1. The van der Waals surface area contributed by atoms with Gasteiger partial charge >= 0.3 is 0 Å². The number of anilines is 1. The first-order valence-corrected chi connectivity index (χ1v) is 6.45. The van der Waals surface area contributed by atoms with E-state index in [0.29, 0.717) is 0 Å². The molecule has 0 atom stereocenters. The molecule has 98 valence electrons. The molecule has 0 unspecified atom stereocenters. The van der Waals surface area contributed by atoms with Gasteiger partial charge in [-0.1, -0.05) is 31.0 Å². The lowest BCUT2D eigenvalue weighted by molar-refractivity contribution is -0.115. The van der Waals surface area contributed by atoms with Gasteiger partial charge in [0.1, 0.15) is 0 Å². The van der Waals surface area contributed by atoms with Crippen molar-refractivity contribution in [2.75, 3.05) is 18.5 Å². The fourth-order valence-corrected chi connectivity index (χ4v) is 2.44. The molecule has 1 saturated carbocycles. The fourth-order valence-electron chi connectivity index (χ4n) is 2.44. The maximum absolute atomic E-state index is 11.8. The van der Waals surface area contributed by atoms with Gasteiger partial charge in [-0.05, 0) is 25.0 Å². The van der Waals surface area contributed by atoms with Gasteiger partial charge in [-0.15, -0.1) is 0 Å². The van der Waals surface area contributed by atoms with Gasteiger partial charge in [-0.25, -0.2) is 0 Å². The van der Waals surface area contributed by atoms with Crippen molar-refractivity contribution in [1.82, 2.24) is 5.32 Å². The lowest BCUT2D eigenvalue weighted by Gasteiger charge is -2.27. The highest BCUT2D eigenvalue weighted by atomic mass is 16.3. The Morgan fingerprint density at radius 3 is 2.50 bits per heavy atom. The van der Waals surface area contributed by atoms with E-state index in [1.807, 2.05) is 30.3 Å². The van der Waals surface area contributed by atoms with Crippen molar-refractivity contribution >= 4 is 11.6 Å². The Kier molecular flexibility index (Phi) is 4.33. The van der Waals surface area contributed by atoms with Gasteiger partial charge in [0.25, 0.3) is 0 Å². The number of carbonyl (C=O) groups excluding carboxylic acids is 1. The molecule has 1 fully saturated rings. The SMILES string of the molecule is O=C(CNC1(CO)CCCC1)Nc1ccccc1. The van der Waals surface area contributed by atoms with Crippen molar-refractivity contribution in [3.05, 3.63) is 30.3 Å². The van der Waals surface area contributed by atoms with Crippen LogP contribution in [0.25, 0.3) is 0 Å². The number of nitrogens with one attached hydrogen (secondary N) is 2. The summed E-state index contributed by atoms with van der Waals surface area (Å²) in [6.07, 6.45) is 4.13. The summed E-state index contributed by atoms with van der Waals surface area (Å²) in [5.41, 5.74) is 0.558. The van der Waals surface area contributed by atoms with Crippen LogP contribution in [0, 0.1) is 0 Å². The third kappa shape index (κ3) is 3.31. The van der Waals surface area contributed by atoms with E-state index in [9.17, 15) is 9.90 Å². The lowest BCUT2D eigenvalue weighted by atomic mass is 9.99. The Hall–Kier alpha value is -1.39. The van der Waals surface area contributed by atoms with Crippen LogP contribution in [0.5, 0.6) is 0 Å². The van der Waals surface area contributed by atoms with Crippen molar-refractivity contribution in [3.8, 4) is 0 Å². The predicted octanol–water partition coefficient (Wildman–Crippen LogP) is 1.52. The molecule has 0 bridgehead atoms. The first-order valence-electron chi connectivity index (χ1n) is 6.45. The zero-order valence-electron chi connectivity index (χ0n) is 10.5. The van der Waals surface area contributed by atoms with Gasteiger partial charge in [0.15, 0.2) is 0 Å². The highest BCUT2D eigenvalue weighted by molar-refractivity contribution is 5.92. The molecule has 0 spiro atoms. The Morgan fingerprint density at radius 2 is 1.89 bits per heavy atom. The molecular formula is C14H20N2O2. The van der Waals surface area contributed by atoms with Gasteiger partial charge in [0.05, 0.1) is 13.2 Å². The van der Waals surface area contributed by atoms with E-state index in [4.69, 9.17) is 0 Å². The summed E-state index contributed by atoms with van der Waals surface area (Å²) in [4.78, 5) is 11.8. The van der Waals surface area contributed by atoms with Crippen LogP contribution in [0.15, 0.2) is 30.3 Å². The van der Waals surface area contributed by atoms with Gasteiger partial charge in [-0.3, -0.25) is 4.79 Å². The number of rotatable bonds is 5. The molecule has 18 heavy (non-hydrogen) atoms. The molecule has 0 heterocycles. The molecule has 0 saturated heterocycles. The molecule has 4 nitrogen and oxygen atoms in total. The minimum atomic E-state index is -0.242. The molecule has 0 radical (unpaired) electrons. The van der Waals surface area contributed by atoms with Crippen LogP contribution in [0.3, 0.4) is 0 Å². The molecule has 2 rings (SSSR count). The van der Waals surface area contributed by atoms with Crippen LogP contribution < -0.4 is 10.6 Å². The molecule has 4 heteroatoms. The standard InChI is InChI=1S/C14H20N2O2/c17-11-14(8-4-5-9-14)15-10-13(18)16-12-6-2-1-3-7-12/h1-3,6-7,15,17H,4-5,8-11H2,(H,16,18). The normalized spacial score (nSPS) is 17.6. The molecule has 1 aliphatic carbocycles. The maximum atomic E-state index is 11.8. The first-order chi connectivity index (χ1) is 8.74. The van der Waals surface area contributed by atoms with Crippen molar-refractivity contribution < 1.29 is 9.90 Å². The third-order valence-corrected chi connectivity index (χ3v) is 3.54. The van der Waals surface area contributed by atoms with Crippen LogP contribution in [0.1, 0.15) is 25.7 Å². The number of hydrogen-bond donors (Lipinski definition) is 3. The van der Waals surface area contributed by atoms with E-state index < -0.39 is 0 Å². The average molecular weight is 248 g/mol. The molecule has 1 aliphatic rings. The molecule has 1 aromatic carbocycles. The monoisotopic (exact) mass is 248 g/mol. The largest absolute Gasteiger partial charge is 0.394 e. The van der Waals surface area contributed by atoms with Gasteiger partial charge in [0, 0.05) is 11.2 Å². The molecule has 0 aliphatic heterocycles. The second kappa shape index (κ2) is 5.98. The topological polar surface area (TPSA) is 61.4 Å². The third-order valence-electron chi connectivity index (χ3n) is 3.54. The quantitative estimate of drug-likeness (QED) is 0.740. The Morgan fingerprint density at radius 1 is 1.22 bits per heavy atom. The second-order valence-electron chi connectivity index (χ2n) is 4.91. The van der Waals surface area contributed by atoms with Crippen molar-refractivity contribution in [2.24, 2.45) is 0 Å². The highest BCUT2D eigenvalue weighted by Gasteiger charge is 2.32. The van der Waals surface area contributed by atoms with Crippen LogP contribution in [0.2, 0.25) is 0 Å². The number of para-hydroxylation sites is 1. The van der Waals surface area contributed by atoms with Crippen LogP contribution in [-0.2, 0) is 4.79 Å². The summed E-state index contributed by atoms with van der Waals surface area (Å²) in [5, 5.41) is 15.5. The summed E-state index contributed by atoms with van der Waals surface area (Å²) in [5.74, 6) is -0.0686. The van der Waals surface area contributed by atoms with Crippen molar-refractivity contribution in [1.29, 1.82) is 0 Å². The van der Waals surface area contributed by atoms with E-state index in [-0.39, 0.29) is 24.6 Å². The number of amides is 1. The summed E-state index contributed by atoms with van der Waals surface area (Å²) in [6.45, 7) is 0.348. The molecule has 0 aromatic heterocycles. The lowest BCUT2D eigenvalue weighted by Crippen LogP contribution is -2.49. The first kappa shape index (κ1) is 13.1. The van der Waals surface area contributed by atoms with Crippen LogP contribution >= 0.6 is 0 Å². The smallest absolute Gasteiger partial charge is 0.238 e. The number of hydrogen-bond acceptors (Lipinski definition) is 3. The molecule has 3 N–H and O–H groups in total. The van der Waals surface area contributed by atoms with Gasteiger partial charge < -0.3 is 15.7 Å². The zero-order chi connectivity index (χ0) is 12.8. The van der Waals surface area contributed by atoms with E-state index >= 15 is 0 Å². The van der Waals surface area contributed by atoms with E-state index in [1.165, 1.54) is 0 Å². The zero-order valence-corrected chi connectivity index (χ0v) is 10.5. The van der Waals surface area contributed by atoms with Crippen LogP contribution in [-0.4, -0.2) is 29.7 Å².